The Labute approximate surface area is 97.8 Å². The number of allylic oxidation sites excluding steroid dienone is 2. The van der Waals surface area contributed by atoms with Crippen molar-refractivity contribution in [2.24, 2.45) is 0 Å². The van der Waals surface area contributed by atoms with E-state index >= 15 is 0 Å². The molecular weight excluding hydrogens is 220 g/mol. The van der Waals surface area contributed by atoms with Crippen molar-refractivity contribution in [2.45, 2.75) is 6.10 Å². The van der Waals surface area contributed by atoms with E-state index in [1.807, 2.05) is 30.4 Å². The maximum atomic E-state index is 11.1. The lowest BCUT2D eigenvalue weighted by Gasteiger charge is -2.14. The Morgan fingerprint density at radius 2 is 1.94 bits per heavy atom. The molecule has 0 amide bonds. The molecule has 1 unspecified atom stereocenters. The van der Waals surface area contributed by atoms with Crippen molar-refractivity contribution in [1.29, 1.82) is 0 Å². The first-order valence-electron chi connectivity index (χ1n) is 5.06. The number of hydrogen-bond donors (Lipinski definition) is 1. The van der Waals surface area contributed by atoms with Crippen LogP contribution in [0.5, 0.6) is 0 Å². The SMILES string of the molecule is O=C(O)C(=O)OC1C=CC=Cc2ccccc21. The maximum absolute atomic E-state index is 11.1. The molecule has 4 nitrogen and oxygen atoms in total. The second-order valence-electron chi connectivity index (χ2n) is 3.50. The average molecular weight is 230 g/mol. The van der Waals surface area contributed by atoms with E-state index in [-0.39, 0.29) is 0 Å². The van der Waals surface area contributed by atoms with Crippen LogP contribution in [0.2, 0.25) is 0 Å². The van der Waals surface area contributed by atoms with Crippen LogP contribution in [-0.4, -0.2) is 17.0 Å². The summed E-state index contributed by atoms with van der Waals surface area (Å²) in [5.41, 5.74) is 1.67. The van der Waals surface area contributed by atoms with Crippen molar-refractivity contribution in [3.05, 3.63) is 53.6 Å². The maximum Gasteiger partial charge on any atom is 0.418 e. The minimum atomic E-state index is -1.59. The lowest BCUT2D eigenvalue weighted by molar-refractivity contribution is -0.166. The summed E-state index contributed by atoms with van der Waals surface area (Å²) in [6.07, 6.45) is 6.39. The highest BCUT2D eigenvalue weighted by molar-refractivity contribution is 6.28. The number of carboxylic acids is 1. The van der Waals surface area contributed by atoms with Gasteiger partial charge in [-0.2, -0.15) is 0 Å². The first-order chi connectivity index (χ1) is 8.18. The van der Waals surface area contributed by atoms with Gasteiger partial charge in [0.2, 0.25) is 0 Å². The molecule has 17 heavy (non-hydrogen) atoms. The van der Waals surface area contributed by atoms with Crippen molar-refractivity contribution in [3.63, 3.8) is 0 Å². The first-order valence-corrected chi connectivity index (χ1v) is 5.06. The second-order valence-corrected chi connectivity index (χ2v) is 3.50. The fraction of sp³-hybridized carbons (Fsp3) is 0.0769. The summed E-state index contributed by atoms with van der Waals surface area (Å²) in [5, 5.41) is 8.52. The fourth-order valence-corrected chi connectivity index (χ4v) is 1.62. The number of aliphatic carboxylic acids is 1. The number of benzene rings is 1. The van der Waals surface area contributed by atoms with Gasteiger partial charge in [0.25, 0.3) is 0 Å². The van der Waals surface area contributed by atoms with Gasteiger partial charge in [0, 0.05) is 5.56 Å². The van der Waals surface area contributed by atoms with Crippen LogP contribution in [-0.2, 0) is 14.3 Å². The Kier molecular flexibility index (Phi) is 3.05. The van der Waals surface area contributed by atoms with Crippen LogP contribution in [0.15, 0.2) is 42.5 Å². The zero-order chi connectivity index (χ0) is 12.3. The summed E-state index contributed by atoms with van der Waals surface area (Å²) >= 11 is 0. The third-order valence-corrected chi connectivity index (χ3v) is 2.38. The minimum absolute atomic E-state index is 0.662. The number of carbonyl (C=O) groups is 2. The number of rotatable bonds is 1. The Hall–Kier alpha value is -2.36. The summed E-state index contributed by atoms with van der Waals surface area (Å²) in [6.45, 7) is 0. The molecule has 2 rings (SSSR count). The van der Waals surface area contributed by atoms with Crippen molar-refractivity contribution in [3.8, 4) is 0 Å². The number of fused-ring (bicyclic) bond motifs is 1. The highest BCUT2D eigenvalue weighted by Gasteiger charge is 2.21. The van der Waals surface area contributed by atoms with E-state index in [9.17, 15) is 9.59 Å². The van der Waals surface area contributed by atoms with E-state index < -0.39 is 18.0 Å². The zero-order valence-electron chi connectivity index (χ0n) is 8.87. The van der Waals surface area contributed by atoms with Gasteiger partial charge in [-0.25, -0.2) is 9.59 Å². The average Bonchev–Trinajstić information content (AvgIpc) is 2.52. The Morgan fingerprint density at radius 1 is 1.18 bits per heavy atom. The molecule has 1 N–H and O–H groups in total. The molecule has 1 aromatic rings. The van der Waals surface area contributed by atoms with Crippen LogP contribution in [0.25, 0.3) is 6.08 Å². The van der Waals surface area contributed by atoms with Crippen LogP contribution in [0.1, 0.15) is 17.2 Å². The van der Waals surface area contributed by atoms with Gasteiger partial charge in [-0.1, -0.05) is 42.5 Å². The summed E-state index contributed by atoms with van der Waals surface area (Å²) in [6, 6.07) is 7.35. The first kappa shape index (κ1) is 11.1. The van der Waals surface area contributed by atoms with Crippen molar-refractivity contribution in [2.75, 3.05) is 0 Å². The third-order valence-electron chi connectivity index (χ3n) is 2.38. The Bertz CT molecular complexity index is 514. The van der Waals surface area contributed by atoms with Crippen LogP contribution < -0.4 is 0 Å². The molecule has 0 radical (unpaired) electrons. The quantitative estimate of drug-likeness (QED) is 0.591. The molecule has 1 aromatic carbocycles. The lowest BCUT2D eigenvalue weighted by atomic mass is 10.0. The molecule has 0 saturated carbocycles. The molecule has 0 heterocycles. The number of hydrogen-bond acceptors (Lipinski definition) is 3. The van der Waals surface area contributed by atoms with Gasteiger partial charge in [-0.3, -0.25) is 0 Å². The van der Waals surface area contributed by atoms with E-state index in [0.717, 1.165) is 11.1 Å². The smallest absolute Gasteiger partial charge is 0.418 e. The van der Waals surface area contributed by atoms with Crippen molar-refractivity contribution >= 4 is 18.0 Å². The van der Waals surface area contributed by atoms with Crippen molar-refractivity contribution < 1.29 is 19.4 Å². The largest absolute Gasteiger partial charge is 0.473 e. The number of carbonyl (C=O) groups excluding carboxylic acids is 1. The van der Waals surface area contributed by atoms with E-state index in [2.05, 4.69) is 0 Å². The van der Waals surface area contributed by atoms with Gasteiger partial charge < -0.3 is 9.84 Å². The molecule has 1 aliphatic carbocycles. The predicted octanol–water partition coefficient (Wildman–Crippen LogP) is 1.94. The molecule has 0 aliphatic heterocycles. The number of esters is 1. The van der Waals surface area contributed by atoms with Gasteiger partial charge in [0.1, 0.15) is 6.10 Å². The molecule has 1 atom stereocenters. The second kappa shape index (κ2) is 4.65. The molecule has 4 heteroatoms. The van der Waals surface area contributed by atoms with Gasteiger partial charge in [0.15, 0.2) is 0 Å². The van der Waals surface area contributed by atoms with Crippen LogP contribution >= 0.6 is 0 Å². The fourth-order valence-electron chi connectivity index (χ4n) is 1.62. The van der Waals surface area contributed by atoms with Gasteiger partial charge >= 0.3 is 11.9 Å². The van der Waals surface area contributed by atoms with Crippen LogP contribution in [0.3, 0.4) is 0 Å². The standard InChI is InChI=1S/C13H10O4/c14-12(15)13(16)17-11-8-4-2-6-9-5-1-3-7-10(9)11/h1-8,11H,(H,14,15). The predicted molar refractivity (Wildman–Crippen MR) is 61.1 cm³/mol. The van der Waals surface area contributed by atoms with E-state index in [0.29, 0.717) is 0 Å². The highest BCUT2D eigenvalue weighted by atomic mass is 16.6. The summed E-state index contributed by atoms with van der Waals surface area (Å²) < 4.78 is 4.89. The van der Waals surface area contributed by atoms with E-state index in [1.54, 1.807) is 18.2 Å². The summed E-state index contributed by atoms with van der Waals surface area (Å²) in [5.74, 6) is -2.84. The monoisotopic (exact) mass is 230 g/mol. The highest BCUT2D eigenvalue weighted by Crippen LogP contribution is 2.26. The van der Waals surface area contributed by atoms with E-state index in [4.69, 9.17) is 9.84 Å². The molecule has 0 spiro atoms. The Morgan fingerprint density at radius 3 is 2.71 bits per heavy atom. The normalized spacial score (nSPS) is 17.1. The van der Waals surface area contributed by atoms with Crippen LogP contribution in [0, 0.1) is 0 Å². The molecule has 0 aromatic heterocycles. The molecule has 0 fully saturated rings. The van der Waals surface area contributed by atoms with Crippen LogP contribution in [0.4, 0.5) is 0 Å². The van der Waals surface area contributed by atoms with E-state index in [1.165, 1.54) is 0 Å². The van der Waals surface area contributed by atoms with Crippen molar-refractivity contribution in [1.82, 2.24) is 0 Å². The Balaban J connectivity index is 2.31. The number of carboxylic acid groups (broad SMARTS) is 1. The van der Waals surface area contributed by atoms with Gasteiger partial charge in [-0.05, 0) is 11.6 Å². The molecule has 0 saturated heterocycles. The molecular formula is C13H10O4. The topological polar surface area (TPSA) is 63.6 Å². The minimum Gasteiger partial charge on any atom is -0.473 e. The third kappa shape index (κ3) is 2.42. The summed E-state index contributed by atoms with van der Waals surface area (Å²) in [4.78, 5) is 21.5. The number of ether oxygens (including phenoxy) is 1. The van der Waals surface area contributed by atoms with Gasteiger partial charge in [-0.15, -0.1) is 0 Å². The molecule has 1 aliphatic rings. The molecule has 0 bridgehead atoms. The molecule has 86 valence electrons. The zero-order valence-corrected chi connectivity index (χ0v) is 8.87. The van der Waals surface area contributed by atoms with Gasteiger partial charge in [0.05, 0.1) is 0 Å². The summed E-state index contributed by atoms with van der Waals surface area (Å²) in [7, 11) is 0. The lowest BCUT2D eigenvalue weighted by Crippen LogP contribution is -2.19.